The van der Waals surface area contributed by atoms with Crippen LogP contribution >= 0.6 is 15.9 Å². The second-order valence-corrected chi connectivity index (χ2v) is 4.40. The number of hydrogen-bond donors (Lipinski definition) is 2. The Morgan fingerprint density at radius 2 is 2.05 bits per heavy atom. The molecular formula is C12H9BrFN3O2. The number of benzene rings is 1. The summed E-state index contributed by atoms with van der Waals surface area (Å²) in [5.74, 6) is 0.246. The number of aromatic nitrogens is 1. The van der Waals surface area contributed by atoms with Gasteiger partial charge in [0.05, 0.1) is 10.7 Å². The van der Waals surface area contributed by atoms with Gasteiger partial charge in [-0.15, -0.1) is 0 Å². The Morgan fingerprint density at radius 1 is 1.32 bits per heavy atom. The normalized spacial score (nSPS) is 11.4. The van der Waals surface area contributed by atoms with Crippen molar-refractivity contribution < 1.29 is 14.3 Å². The van der Waals surface area contributed by atoms with Crippen LogP contribution in [0.5, 0.6) is 11.5 Å². The maximum atomic E-state index is 13.3. The van der Waals surface area contributed by atoms with Crippen LogP contribution in [0.4, 0.5) is 4.39 Å². The zero-order valence-electron chi connectivity index (χ0n) is 9.55. The summed E-state index contributed by atoms with van der Waals surface area (Å²) in [6, 6.07) is 7.52. The van der Waals surface area contributed by atoms with Gasteiger partial charge in [-0.2, -0.15) is 0 Å². The second kappa shape index (κ2) is 5.66. The molecule has 5 nitrogen and oxygen atoms in total. The fourth-order valence-corrected chi connectivity index (χ4v) is 1.57. The highest BCUT2D eigenvalue weighted by molar-refractivity contribution is 9.10. The van der Waals surface area contributed by atoms with E-state index in [-0.39, 0.29) is 5.84 Å². The molecule has 19 heavy (non-hydrogen) atoms. The molecule has 0 aliphatic carbocycles. The summed E-state index contributed by atoms with van der Waals surface area (Å²) in [5.41, 5.74) is 5.69. The highest BCUT2D eigenvalue weighted by atomic mass is 79.9. The summed E-state index contributed by atoms with van der Waals surface area (Å²) in [6.45, 7) is 0. The van der Waals surface area contributed by atoms with Gasteiger partial charge in [0.1, 0.15) is 23.0 Å². The average molecular weight is 326 g/mol. The van der Waals surface area contributed by atoms with E-state index >= 15 is 0 Å². The summed E-state index contributed by atoms with van der Waals surface area (Å²) in [7, 11) is 0. The van der Waals surface area contributed by atoms with Gasteiger partial charge in [0.15, 0.2) is 5.84 Å². The first kappa shape index (κ1) is 13.3. The first-order chi connectivity index (χ1) is 9.10. The van der Waals surface area contributed by atoms with Gasteiger partial charge in [-0.1, -0.05) is 5.16 Å². The molecule has 0 saturated heterocycles. The van der Waals surface area contributed by atoms with Crippen molar-refractivity contribution >= 4 is 21.8 Å². The van der Waals surface area contributed by atoms with Gasteiger partial charge < -0.3 is 15.7 Å². The van der Waals surface area contributed by atoms with Crippen LogP contribution in [-0.4, -0.2) is 16.0 Å². The second-order valence-electron chi connectivity index (χ2n) is 3.54. The van der Waals surface area contributed by atoms with E-state index in [9.17, 15) is 4.39 Å². The topological polar surface area (TPSA) is 80.7 Å². The third-order valence-corrected chi connectivity index (χ3v) is 2.88. The Labute approximate surface area is 116 Å². The molecule has 0 spiro atoms. The lowest BCUT2D eigenvalue weighted by Crippen LogP contribution is -2.14. The summed E-state index contributed by atoms with van der Waals surface area (Å²) in [4.78, 5) is 3.94. The molecule has 0 atom stereocenters. The summed E-state index contributed by atoms with van der Waals surface area (Å²) in [5, 5.41) is 11.3. The van der Waals surface area contributed by atoms with Crippen LogP contribution in [0.15, 0.2) is 46.2 Å². The molecule has 1 aromatic carbocycles. The Hall–Kier alpha value is -2.15. The van der Waals surface area contributed by atoms with E-state index in [0.717, 1.165) is 0 Å². The highest BCUT2D eigenvalue weighted by Crippen LogP contribution is 2.25. The smallest absolute Gasteiger partial charge is 0.188 e. The zero-order valence-corrected chi connectivity index (χ0v) is 11.1. The third-order valence-electron chi connectivity index (χ3n) is 2.23. The SMILES string of the molecule is N/C(=N/O)c1ccc(Oc2ccc(Br)c(F)c2)cn1. The summed E-state index contributed by atoms with van der Waals surface area (Å²) >= 11 is 3.05. The van der Waals surface area contributed by atoms with Gasteiger partial charge in [-0.05, 0) is 40.2 Å². The first-order valence-corrected chi connectivity index (χ1v) is 5.96. The van der Waals surface area contributed by atoms with Gasteiger partial charge in [0, 0.05) is 6.07 Å². The molecule has 0 aliphatic rings. The molecule has 7 heteroatoms. The molecule has 0 saturated carbocycles. The first-order valence-electron chi connectivity index (χ1n) is 5.17. The summed E-state index contributed by atoms with van der Waals surface area (Å²) in [6.07, 6.45) is 1.40. The van der Waals surface area contributed by atoms with Crippen molar-refractivity contribution in [1.82, 2.24) is 4.98 Å². The van der Waals surface area contributed by atoms with Crippen molar-refractivity contribution in [2.24, 2.45) is 10.9 Å². The van der Waals surface area contributed by atoms with Crippen LogP contribution in [0, 0.1) is 5.82 Å². The average Bonchev–Trinajstić information content (AvgIpc) is 2.43. The quantitative estimate of drug-likeness (QED) is 0.393. The Balaban J connectivity index is 2.17. The molecule has 1 aromatic heterocycles. The van der Waals surface area contributed by atoms with E-state index in [1.165, 1.54) is 18.3 Å². The number of ether oxygens (including phenoxy) is 1. The molecule has 0 radical (unpaired) electrons. The van der Waals surface area contributed by atoms with Gasteiger partial charge >= 0.3 is 0 Å². The van der Waals surface area contributed by atoms with Crippen molar-refractivity contribution in [2.45, 2.75) is 0 Å². The van der Waals surface area contributed by atoms with Gasteiger partial charge in [-0.3, -0.25) is 0 Å². The predicted octanol–water partition coefficient (Wildman–Crippen LogP) is 2.87. The Morgan fingerprint density at radius 3 is 2.63 bits per heavy atom. The molecule has 2 aromatic rings. The van der Waals surface area contributed by atoms with E-state index in [1.54, 1.807) is 18.2 Å². The third kappa shape index (κ3) is 3.19. The molecular weight excluding hydrogens is 317 g/mol. The maximum Gasteiger partial charge on any atom is 0.188 e. The molecule has 0 aliphatic heterocycles. The Bertz CT molecular complexity index is 617. The number of hydrogen-bond acceptors (Lipinski definition) is 4. The molecule has 0 unspecified atom stereocenters. The van der Waals surface area contributed by atoms with Crippen LogP contribution in [0.3, 0.4) is 0 Å². The van der Waals surface area contributed by atoms with E-state index in [0.29, 0.717) is 21.7 Å². The number of nitrogens with zero attached hydrogens (tertiary/aromatic N) is 2. The van der Waals surface area contributed by atoms with E-state index in [2.05, 4.69) is 26.1 Å². The molecule has 3 N–H and O–H groups in total. The van der Waals surface area contributed by atoms with Crippen LogP contribution < -0.4 is 10.5 Å². The van der Waals surface area contributed by atoms with E-state index < -0.39 is 5.82 Å². The van der Waals surface area contributed by atoms with Crippen LogP contribution in [0.25, 0.3) is 0 Å². The molecule has 0 fully saturated rings. The molecule has 0 bridgehead atoms. The fraction of sp³-hybridized carbons (Fsp3) is 0. The lowest BCUT2D eigenvalue weighted by molar-refractivity contribution is 0.318. The van der Waals surface area contributed by atoms with Crippen LogP contribution in [-0.2, 0) is 0 Å². The standard InChI is InChI=1S/C12H9BrFN3O2/c13-9-3-1-7(5-10(9)14)19-8-2-4-11(16-6-8)12(15)17-18/h1-6,18H,(H2,15,17). The van der Waals surface area contributed by atoms with Crippen molar-refractivity contribution in [3.8, 4) is 11.5 Å². The lowest BCUT2D eigenvalue weighted by Gasteiger charge is -2.06. The monoisotopic (exact) mass is 325 g/mol. The minimum absolute atomic E-state index is 0.0961. The van der Waals surface area contributed by atoms with Gasteiger partial charge in [0.2, 0.25) is 0 Å². The number of nitrogens with two attached hydrogens (primary N) is 1. The van der Waals surface area contributed by atoms with Crippen LogP contribution in [0.1, 0.15) is 5.69 Å². The largest absolute Gasteiger partial charge is 0.456 e. The molecule has 1 heterocycles. The van der Waals surface area contributed by atoms with Gasteiger partial charge in [-0.25, -0.2) is 9.37 Å². The van der Waals surface area contributed by atoms with Crippen molar-refractivity contribution in [3.05, 3.63) is 52.5 Å². The zero-order chi connectivity index (χ0) is 13.8. The molecule has 0 amide bonds. The Kier molecular flexibility index (Phi) is 3.96. The predicted molar refractivity (Wildman–Crippen MR) is 70.9 cm³/mol. The highest BCUT2D eigenvalue weighted by Gasteiger charge is 2.05. The molecule has 2 rings (SSSR count). The maximum absolute atomic E-state index is 13.3. The van der Waals surface area contributed by atoms with E-state index in [4.69, 9.17) is 15.7 Å². The minimum atomic E-state index is -0.418. The number of rotatable bonds is 3. The van der Waals surface area contributed by atoms with Crippen molar-refractivity contribution in [1.29, 1.82) is 0 Å². The lowest BCUT2D eigenvalue weighted by atomic mass is 10.3. The van der Waals surface area contributed by atoms with Crippen LogP contribution in [0.2, 0.25) is 0 Å². The van der Waals surface area contributed by atoms with E-state index in [1.807, 2.05) is 0 Å². The molecule has 98 valence electrons. The fourth-order valence-electron chi connectivity index (χ4n) is 1.32. The minimum Gasteiger partial charge on any atom is -0.456 e. The number of amidine groups is 1. The van der Waals surface area contributed by atoms with Gasteiger partial charge in [0.25, 0.3) is 0 Å². The number of oxime groups is 1. The number of pyridine rings is 1. The number of halogens is 2. The van der Waals surface area contributed by atoms with Crippen molar-refractivity contribution in [3.63, 3.8) is 0 Å². The van der Waals surface area contributed by atoms with Crippen molar-refractivity contribution in [2.75, 3.05) is 0 Å². The summed E-state index contributed by atoms with van der Waals surface area (Å²) < 4.78 is 19.1.